The molecule has 3 nitrogen and oxygen atoms in total. The van der Waals surface area contributed by atoms with Crippen LogP contribution in [0.3, 0.4) is 0 Å². The molecule has 3 aromatic carbocycles. The van der Waals surface area contributed by atoms with Gasteiger partial charge in [0, 0.05) is 17.0 Å². The summed E-state index contributed by atoms with van der Waals surface area (Å²) in [7, 11) is 3.25. The maximum Gasteiger partial charge on any atom is 0.123 e. The molecule has 2 N–H and O–H groups in total. The molecule has 1 unspecified atom stereocenters. The van der Waals surface area contributed by atoms with Crippen molar-refractivity contribution in [3.63, 3.8) is 0 Å². The van der Waals surface area contributed by atoms with Crippen LogP contribution in [0, 0.1) is 5.82 Å². The number of benzene rings is 3. The molecule has 1 atom stereocenters. The van der Waals surface area contributed by atoms with Gasteiger partial charge in [-0.25, -0.2) is 4.39 Å². The number of ether oxygens (including phenoxy) is 2. The first kappa shape index (κ1) is 17.2. The van der Waals surface area contributed by atoms with Crippen LogP contribution in [-0.4, -0.2) is 20.8 Å². The lowest BCUT2D eigenvalue weighted by Gasteiger charge is -2.21. The van der Waals surface area contributed by atoms with Crippen LogP contribution in [0.2, 0.25) is 0 Å². The average Bonchev–Trinajstić information content (AvgIpc) is 2.65. The van der Waals surface area contributed by atoms with Crippen LogP contribution in [0.15, 0.2) is 54.6 Å². The summed E-state index contributed by atoms with van der Waals surface area (Å²) in [5, 5.41) is 2.26. The normalized spacial score (nSPS) is 12.2. The molecule has 0 fully saturated rings. The minimum atomic E-state index is -0.292. The van der Waals surface area contributed by atoms with Gasteiger partial charge in [0.05, 0.1) is 14.2 Å². The highest BCUT2D eigenvalue weighted by atomic mass is 19.1. The van der Waals surface area contributed by atoms with E-state index in [1.54, 1.807) is 20.3 Å². The molecule has 0 amide bonds. The van der Waals surface area contributed by atoms with Crippen molar-refractivity contribution in [1.82, 2.24) is 0 Å². The summed E-state index contributed by atoms with van der Waals surface area (Å²) >= 11 is 0. The van der Waals surface area contributed by atoms with Crippen molar-refractivity contribution in [3.8, 4) is 11.5 Å². The van der Waals surface area contributed by atoms with E-state index in [0.29, 0.717) is 18.7 Å². The van der Waals surface area contributed by atoms with Gasteiger partial charge in [-0.05, 0) is 48.0 Å². The SMILES string of the molecule is COc1ccc(F)cc1C(CN)Cc1c(OC)ccc2ccccc12. The summed E-state index contributed by atoms with van der Waals surface area (Å²) < 4.78 is 24.8. The lowest BCUT2D eigenvalue weighted by Crippen LogP contribution is -2.17. The summed E-state index contributed by atoms with van der Waals surface area (Å²) in [6.07, 6.45) is 0.640. The Morgan fingerprint density at radius 1 is 0.960 bits per heavy atom. The van der Waals surface area contributed by atoms with Crippen molar-refractivity contribution in [2.45, 2.75) is 12.3 Å². The van der Waals surface area contributed by atoms with E-state index in [2.05, 4.69) is 12.1 Å². The quantitative estimate of drug-likeness (QED) is 0.729. The molecule has 3 rings (SSSR count). The largest absolute Gasteiger partial charge is 0.496 e. The van der Waals surface area contributed by atoms with Crippen molar-refractivity contribution in [3.05, 3.63) is 71.5 Å². The predicted octanol–water partition coefficient (Wildman–Crippen LogP) is 4.28. The molecule has 0 heterocycles. The van der Waals surface area contributed by atoms with Crippen molar-refractivity contribution in [1.29, 1.82) is 0 Å². The van der Waals surface area contributed by atoms with E-state index in [-0.39, 0.29) is 11.7 Å². The van der Waals surface area contributed by atoms with Crippen LogP contribution in [-0.2, 0) is 6.42 Å². The van der Waals surface area contributed by atoms with Gasteiger partial charge in [0.25, 0.3) is 0 Å². The Hall–Kier alpha value is -2.59. The molecular weight excluding hydrogens is 317 g/mol. The molecule has 130 valence electrons. The van der Waals surface area contributed by atoms with Gasteiger partial charge in [0.15, 0.2) is 0 Å². The Bertz CT molecular complexity index is 879. The van der Waals surface area contributed by atoms with E-state index in [9.17, 15) is 4.39 Å². The lowest BCUT2D eigenvalue weighted by atomic mass is 9.88. The number of fused-ring (bicyclic) bond motifs is 1. The smallest absolute Gasteiger partial charge is 0.123 e. The standard InChI is InChI=1S/C21H22FNO2/c1-24-20-10-8-16(22)12-18(20)15(13-23)11-19-17-6-4-3-5-14(17)7-9-21(19)25-2/h3-10,12,15H,11,13,23H2,1-2H3. The van der Waals surface area contributed by atoms with Crippen molar-refractivity contribution in [2.75, 3.05) is 20.8 Å². The molecule has 0 aliphatic heterocycles. The van der Waals surface area contributed by atoms with Gasteiger partial charge in [-0.15, -0.1) is 0 Å². The van der Waals surface area contributed by atoms with Crippen LogP contribution in [0.5, 0.6) is 11.5 Å². The molecule has 0 bridgehead atoms. The number of rotatable bonds is 6. The molecule has 0 aliphatic rings. The Morgan fingerprint density at radius 2 is 1.68 bits per heavy atom. The minimum Gasteiger partial charge on any atom is -0.496 e. The van der Waals surface area contributed by atoms with Crippen molar-refractivity contribution < 1.29 is 13.9 Å². The number of hydrogen-bond donors (Lipinski definition) is 1. The van der Waals surface area contributed by atoms with Crippen LogP contribution >= 0.6 is 0 Å². The first-order chi connectivity index (χ1) is 12.2. The van der Waals surface area contributed by atoms with E-state index in [1.807, 2.05) is 24.3 Å². The van der Waals surface area contributed by atoms with E-state index in [0.717, 1.165) is 27.6 Å². The van der Waals surface area contributed by atoms with E-state index in [1.165, 1.54) is 12.1 Å². The number of nitrogens with two attached hydrogens (primary N) is 1. The monoisotopic (exact) mass is 339 g/mol. The molecule has 0 spiro atoms. The van der Waals surface area contributed by atoms with Crippen molar-refractivity contribution >= 4 is 10.8 Å². The topological polar surface area (TPSA) is 44.5 Å². The summed E-state index contributed by atoms with van der Waals surface area (Å²) in [5.41, 5.74) is 7.89. The summed E-state index contributed by atoms with van der Waals surface area (Å²) in [4.78, 5) is 0. The third-order valence-corrected chi connectivity index (χ3v) is 4.58. The first-order valence-electron chi connectivity index (χ1n) is 8.26. The molecule has 3 aromatic rings. The zero-order valence-electron chi connectivity index (χ0n) is 14.5. The fourth-order valence-corrected chi connectivity index (χ4v) is 3.31. The van der Waals surface area contributed by atoms with Gasteiger partial charge in [0.1, 0.15) is 17.3 Å². The Balaban J connectivity index is 2.09. The zero-order valence-corrected chi connectivity index (χ0v) is 14.5. The second-order valence-electron chi connectivity index (χ2n) is 5.99. The van der Waals surface area contributed by atoms with Gasteiger partial charge < -0.3 is 15.2 Å². The minimum absolute atomic E-state index is 0.0784. The highest BCUT2D eigenvalue weighted by molar-refractivity contribution is 5.87. The zero-order chi connectivity index (χ0) is 17.8. The van der Waals surface area contributed by atoms with E-state index < -0.39 is 0 Å². The molecule has 25 heavy (non-hydrogen) atoms. The molecule has 0 saturated heterocycles. The van der Waals surface area contributed by atoms with Crippen molar-refractivity contribution in [2.24, 2.45) is 5.73 Å². The number of halogens is 1. The molecular formula is C21H22FNO2. The lowest BCUT2D eigenvalue weighted by molar-refractivity contribution is 0.400. The first-order valence-corrected chi connectivity index (χ1v) is 8.26. The third-order valence-electron chi connectivity index (χ3n) is 4.58. The third kappa shape index (κ3) is 3.44. The maximum absolute atomic E-state index is 13.8. The predicted molar refractivity (Wildman–Crippen MR) is 99.0 cm³/mol. The van der Waals surface area contributed by atoms with Gasteiger partial charge in [-0.3, -0.25) is 0 Å². The number of hydrogen-bond acceptors (Lipinski definition) is 3. The Kier molecular flexibility index (Phi) is 5.19. The van der Waals surface area contributed by atoms with Crippen LogP contribution in [0.4, 0.5) is 4.39 Å². The maximum atomic E-state index is 13.8. The molecule has 0 radical (unpaired) electrons. The summed E-state index contributed by atoms with van der Waals surface area (Å²) in [5.74, 6) is 1.09. The Labute approximate surface area is 147 Å². The molecule has 0 saturated carbocycles. The van der Waals surface area contributed by atoms with Gasteiger partial charge in [-0.2, -0.15) is 0 Å². The van der Waals surface area contributed by atoms with Crippen LogP contribution in [0.1, 0.15) is 17.0 Å². The molecule has 4 heteroatoms. The van der Waals surface area contributed by atoms with Gasteiger partial charge >= 0.3 is 0 Å². The molecule has 0 aliphatic carbocycles. The fourth-order valence-electron chi connectivity index (χ4n) is 3.31. The highest BCUT2D eigenvalue weighted by Gasteiger charge is 2.20. The van der Waals surface area contributed by atoms with Gasteiger partial charge in [-0.1, -0.05) is 30.3 Å². The Morgan fingerprint density at radius 3 is 2.40 bits per heavy atom. The number of methoxy groups -OCH3 is 2. The van der Waals surface area contributed by atoms with Crippen LogP contribution in [0.25, 0.3) is 10.8 Å². The highest BCUT2D eigenvalue weighted by Crippen LogP contribution is 2.35. The second-order valence-corrected chi connectivity index (χ2v) is 5.99. The summed E-state index contributed by atoms with van der Waals surface area (Å²) in [6, 6.07) is 16.7. The fraction of sp³-hybridized carbons (Fsp3) is 0.238. The molecule has 0 aromatic heterocycles. The average molecular weight is 339 g/mol. The van der Waals surface area contributed by atoms with E-state index >= 15 is 0 Å². The van der Waals surface area contributed by atoms with Crippen LogP contribution < -0.4 is 15.2 Å². The second kappa shape index (κ2) is 7.53. The summed E-state index contributed by atoms with van der Waals surface area (Å²) in [6.45, 7) is 0.381. The van der Waals surface area contributed by atoms with E-state index in [4.69, 9.17) is 15.2 Å². The van der Waals surface area contributed by atoms with Gasteiger partial charge in [0.2, 0.25) is 0 Å².